The molecule has 1 aliphatic rings. The fraction of sp³-hybridized carbons (Fsp3) is 0.692. The van der Waals surface area contributed by atoms with E-state index >= 15 is 0 Å². The smallest absolute Gasteiger partial charge is 0.185 e. The third-order valence-electron chi connectivity index (χ3n) is 4.09. The van der Waals surface area contributed by atoms with Crippen LogP contribution in [0.15, 0.2) is 5.16 Å². The van der Waals surface area contributed by atoms with Crippen LogP contribution in [0, 0.1) is 13.8 Å². The van der Waals surface area contributed by atoms with Gasteiger partial charge in [-0.15, -0.1) is 11.3 Å². The number of nitrogens with zero attached hydrogens (tertiary/aromatic N) is 4. The molecule has 0 spiro atoms. The minimum Gasteiger partial charge on any atom is -0.409 e. The molecule has 1 aliphatic heterocycles. The highest BCUT2D eigenvalue weighted by molar-refractivity contribution is 7.15. The van der Waals surface area contributed by atoms with Crippen LogP contribution in [0.5, 0.6) is 0 Å². The van der Waals surface area contributed by atoms with Crippen LogP contribution >= 0.6 is 11.3 Å². The SMILES string of the molecule is Cc1nc(N2CCN(C(C)(C)C(N)=NO)CC2)sc1C. The Bertz CT molecular complexity index is 483. The summed E-state index contributed by atoms with van der Waals surface area (Å²) in [6, 6.07) is 0. The fourth-order valence-corrected chi connectivity index (χ4v) is 3.29. The number of piperazine rings is 1. The number of anilines is 1. The highest BCUT2D eigenvalue weighted by atomic mass is 32.1. The first-order chi connectivity index (χ1) is 9.36. The van der Waals surface area contributed by atoms with Crippen molar-refractivity contribution in [3.05, 3.63) is 10.6 Å². The normalized spacial score (nSPS) is 18.6. The minimum atomic E-state index is -0.421. The Hall–Kier alpha value is -1.34. The summed E-state index contributed by atoms with van der Waals surface area (Å²) in [6.45, 7) is 11.7. The molecule has 0 atom stereocenters. The van der Waals surface area contributed by atoms with Crippen LogP contribution in [-0.2, 0) is 0 Å². The number of amidine groups is 1. The van der Waals surface area contributed by atoms with E-state index in [9.17, 15) is 0 Å². The van der Waals surface area contributed by atoms with Gasteiger partial charge in [0.2, 0.25) is 0 Å². The fourth-order valence-electron chi connectivity index (χ4n) is 2.33. The Labute approximate surface area is 123 Å². The quantitative estimate of drug-likeness (QED) is 0.382. The molecule has 0 bridgehead atoms. The maximum absolute atomic E-state index is 8.88. The lowest BCUT2D eigenvalue weighted by Gasteiger charge is -2.43. The van der Waals surface area contributed by atoms with Crippen molar-refractivity contribution >= 4 is 22.3 Å². The second-order valence-corrected chi connectivity index (χ2v) is 6.84. The van der Waals surface area contributed by atoms with Crippen molar-refractivity contribution in [2.24, 2.45) is 10.9 Å². The van der Waals surface area contributed by atoms with Gasteiger partial charge in [0.05, 0.1) is 11.2 Å². The molecule has 1 fully saturated rings. The molecule has 0 amide bonds. The summed E-state index contributed by atoms with van der Waals surface area (Å²) in [5, 5.41) is 13.1. The molecular formula is C13H23N5OS. The van der Waals surface area contributed by atoms with E-state index in [0.29, 0.717) is 0 Å². The second kappa shape index (κ2) is 5.57. The van der Waals surface area contributed by atoms with Gasteiger partial charge in [-0.1, -0.05) is 5.16 Å². The van der Waals surface area contributed by atoms with Crippen molar-refractivity contribution < 1.29 is 5.21 Å². The standard InChI is InChI=1S/C13H23N5OS/c1-9-10(2)20-12(15-9)17-5-7-18(8-6-17)13(3,4)11(14)16-19/h19H,5-8H2,1-4H3,(H2,14,16). The Morgan fingerprint density at radius 3 is 2.35 bits per heavy atom. The Balaban J connectivity index is 2.02. The van der Waals surface area contributed by atoms with Crippen molar-refractivity contribution in [3.63, 3.8) is 0 Å². The monoisotopic (exact) mass is 297 g/mol. The second-order valence-electron chi connectivity index (χ2n) is 5.66. The van der Waals surface area contributed by atoms with E-state index in [0.717, 1.165) is 37.0 Å². The van der Waals surface area contributed by atoms with E-state index < -0.39 is 5.54 Å². The molecule has 3 N–H and O–H groups in total. The van der Waals surface area contributed by atoms with Crippen molar-refractivity contribution in [2.45, 2.75) is 33.2 Å². The summed E-state index contributed by atoms with van der Waals surface area (Å²) < 4.78 is 0. The Kier molecular flexibility index (Phi) is 4.19. The number of rotatable bonds is 3. The number of hydrogen-bond acceptors (Lipinski definition) is 6. The molecule has 0 unspecified atom stereocenters. The van der Waals surface area contributed by atoms with Gasteiger partial charge in [0, 0.05) is 31.1 Å². The van der Waals surface area contributed by atoms with Gasteiger partial charge in [-0.25, -0.2) is 4.98 Å². The molecule has 0 radical (unpaired) electrons. The van der Waals surface area contributed by atoms with E-state index in [1.165, 1.54) is 4.88 Å². The topological polar surface area (TPSA) is 78.0 Å². The molecule has 0 saturated carbocycles. The van der Waals surface area contributed by atoms with Crippen LogP contribution in [0.4, 0.5) is 5.13 Å². The van der Waals surface area contributed by atoms with E-state index in [1.807, 2.05) is 20.8 Å². The molecule has 6 nitrogen and oxygen atoms in total. The summed E-state index contributed by atoms with van der Waals surface area (Å²) in [5.74, 6) is 0.256. The number of aryl methyl sites for hydroxylation is 2. The summed E-state index contributed by atoms with van der Waals surface area (Å²) in [6.07, 6.45) is 0. The predicted molar refractivity (Wildman–Crippen MR) is 82.9 cm³/mol. The summed E-state index contributed by atoms with van der Waals surface area (Å²) >= 11 is 1.75. The van der Waals surface area contributed by atoms with Gasteiger partial charge in [0.15, 0.2) is 11.0 Å². The first-order valence-corrected chi connectivity index (χ1v) is 7.60. The van der Waals surface area contributed by atoms with Crippen LogP contribution in [-0.4, -0.2) is 52.6 Å². The maximum Gasteiger partial charge on any atom is 0.185 e. The van der Waals surface area contributed by atoms with Crippen molar-refractivity contribution in [1.29, 1.82) is 0 Å². The van der Waals surface area contributed by atoms with Gasteiger partial charge >= 0.3 is 0 Å². The molecule has 2 heterocycles. The van der Waals surface area contributed by atoms with E-state index in [2.05, 4.69) is 26.9 Å². The molecular weight excluding hydrogens is 274 g/mol. The largest absolute Gasteiger partial charge is 0.409 e. The number of hydrogen-bond donors (Lipinski definition) is 2. The first kappa shape index (κ1) is 15.1. The molecule has 7 heteroatoms. The van der Waals surface area contributed by atoms with Crippen molar-refractivity contribution in [3.8, 4) is 0 Å². The number of aromatic nitrogens is 1. The van der Waals surface area contributed by atoms with Gasteiger partial charge < -0.3 is 15.8 Å². The van der Waals surface area contributed by atoms with Gasteiger partial charge in [-0.05, 0) is 27.7 Å². The van der Waals surface area contributed by atoms with Crippen LogP contribution < -0.4 is 10.6 Å². The molecule has 1 aromatic rings. The van der Waals surface area contributed by atoms with Crippen LogP contribution in [0.25, 0.3) is 0 Å². The highest BCUT2D eigenvalue weighted by Gasteiger charge is 2.34. The lowest BCUT2D eigenvalue weighted by molar-refractivity contribution is 0.161. The van der Waals surface area contributed by atoms with Gasteiger partial charge in [0.1, 0.15) is 0 Å². The molecule has 20 heavy (non-hydrogen) atoms. The molecule has 0 aliphatic carbocycles. The van der Waals surface area contributed by atoms with Gasteiger partial charge in [0.25, 0.3) is 0 Å². The third kappa shape index (κ3) is 2.73. The average molecular weight is 297 g/mol. The highest BCUT2D eigenvalue weighted by Crippen LogP contribution is 2.27. The summed E-state index contributed by atoms with van der Waals surface area (Å²) in [7, 11) is 0. The van der Waals surface area contributed by atoms with Gasteiger partial charge in [-0.3, -0.25) is 4.90 Å². The minimum absolute atomic E-state index is 0.256. The van der Waals surface area contributed by atoms with Crippen LogP contribution in [0.3, 0.4) is 0 Å². The molecule has 1 aromatic heterocycles. The summed E-state index contributed by atoms with van der Waals surface area (Å²) in [4.78, 5) is 10.4. The van der Waals surface area contributed by atoms with Gasteiger partial charge in [-0.2, -0.15) is 0 Å². The zero-order valence-corrected chi connectivity index (χ0v) is 13.4. The van der Waals surface area contributed by atoms with E-state index in [-0.39, 0.29) is 5.84 Å². The van der Waals surface area contributed by atoms with Crippen LogP contribution in [0.2, 0.25) is 0 Å². The first-order valence-electron chi connectivity index (χ1n) is 6.78. The average Bonchev–Trinajstić information content (AvgIpc) is 2.78. The number of thiazole rings is 1. The Morgan fingerprint density at radius 2 is 1.90 bits per heavy atom. The molecule has 1 saturated heterocycles. The molecule has 0 aromatic carbocycles. The number of nitrogens with two attached hydrogens (primary N) is 1. The van der Waals surface area contributed by atoms with E-state index in [1.54, 1.807) is 11.3 Å². The number of oxime groups is 1. The molecule has 112 valence electrons. The lowest BCUT2D eigenvalue weighted by atomic mass is 10.0. The molecule has 2 rings (SSSR count). The van der Waals surface area contributed by atoms with Crippen molar-refractivity contribution in [2.75, 3.05) is 31.1 Å². The lowest BCUT2D eigenvalue weighted by Crippen LogP contribution is -2.59. The third-order valence-corrected chi connectivity index (χ3v) is 5.23. The zero-order valence-electron chi connectivity index (χ0n) is 12.6. The van der Waals surface area contributed by atoms with E-state index in [4.69, 9.17) is 10.9 Å². The summed E-state index contributed by atoms with van der Waals surface area (Å²) in [5.41, 5.74) is 6.48. The van der Waals surface area contributed by atoms with Crippen molar-refractivity contribution in [1.82, 2.24) is 9.88 Å². The predicted octanol–water partition coefficient (Wildman–Crippen LogP) is 1.41. The maximum atomic E-state index is 8.88. The van der Waals surface area contributed by atoms with Crippen LogP contribution in [0.1, 0.15) is 24.4 Å². The Morgan fingerprint density at radius 1 is 1.30 bits per heavy atom. The zero-order chi connectivity index (χ0) is 14.9.